The zero-order chi connectivity index (χ0) is 12.2. The van der Waals surface area contributed by atoms with E-state index in [2.05, 4.69) is 10.3 Å². The minimum atomic E-state index is -0.864. The molecule has 1 aromatic heterocycles. The van der Waals surface area contributed by atoms with Crippen molar-refractivity contribution in [1.82, 2.24) is 10.3 Å². The molecule has 0 saturated heterocycles. The number of aromatic nitrogens is 1. The summed E-state index contributed by atoms with van der Waals surface area (Å²) in [4.78, 5) is 14.4. The lowest BCUT2D eigenvalue weighted by Gasteiger charge is -2.29. The van der Waals surface area contributed by atoms with Gasteiger partial charge in [0.1, 0.15) is 5.69 Å². The van der Waals surface area contributed by atoms with Crippen molar-refractivity contribution in [3.05, 3.63) is 24.0 Å². The Hall–Kier alpha value is -1.29. The minimum Gasteiger partial charge on any atom is -0.388 e. The standard InChI is InChI=1S/C12H20N2O2/c1-4-9(2)12(3,16)8-14-11(15)10-6-5-7-13-10/h5-7,9,13,16H,4,8H2,1-3H3,(H,14,15). The number of rotatable bonds is 5. The van der Waals surface area contributed by atoms with Crippen LogP contribution in [0.15, 0.2) is 18.3 Å². The van der Waals surface area contributed by atoms with Gasteiger partial charge in [-0.25, -0.2) is 0 Å². The van der Waals surface area contributed by atoms with Gasteiger partial charge in [-0.3, -0.25) is 4.79 Å². The molecule has 0 aromatic carbocycles. The van der Waals surface area contributed by atoms with E-state index in [1.54, 1.807) is 25.3 Å². The van der Waals surface area contributed by atoms with Crippen LogP contribution in [0.1, 0.15) is 37.7 Å². The first-order valence-corrected chi connectivity index (χ1v) is 5.61. The molecule has 0 aliphatic carbocycles. The zero-order valence-corrected chi connectivity index (χ0v) is 10.1. The number of hydrogen-bond acceptors (Lipinski definition) is 2. The fraction of sp³-hybridized carbons (Fsp3) is 0.583. The van der Waals surface area contributed by atoms with E-state index in [1.165, 1.54) is 0 Å². The maximum absolute atomic E-state index is 11.6. The summed E-state index contributed by atoms with van der Waals surface area (Å²) in [5.74, 6) is -0.0370. The predicted octanol–water partition coefficient (Wildman–Crippen LogP) is 1.54. The molecule has 90 valence electrons. The molecule has 4 heteroatoms. The highest BCUT2D eigenvalue weighted by molar-refractivity contribution is 5.92. The molecule has 1 rings (SSSR count). The van der Waals surface area contributed by atoms with Crippen molar-refractivity contribution >= 4 is 5.91 Å². The van der Waals surface area contributed by atoms with Gasteiger partial charge in [-0.15, -0.1) is 0 Å². The molecule has 0 spiro atoms. The Kier molecular flexibility index (Phi) is 4.12. The summed E-state index contributed by atoms with van der Waals surface area (Å²) in [6.07, 6.45) is 2.58. The molecule has 2 atom stereocenters. The Morgan fingerprint density at radius 2 is 2.38 bits per heavy atom. The van der Waals surface area contributed by atoms with Gasteiger partial charge in [0.2, 0.25) is 0 Å². The monoisotopic (exact) mass is 224 g/mol. The summed E-state index contributed by atoms with van der Waals surface area (Å²) in [6, 6.07) is 3.47. The summed E-state index contributed by atoms with van der Waals surface area (Å²) in [7, 11) is 0. The molecule has 1 aromatic rings. The minimum absolute atomic E-state index is 0.149. The van der Waals surface area contributed by atoms with Crippen molar-refractivity contribution < 1.29 is 9.90 Å². The van der Waals surface area contributed by atoms with Gasteiger partial charge in [-0.05, 0) is 25.0 Å². The molecule has 16 heavy (non-hydrogen) atoms. The molecule has 2 unspecified atom stereocenters. The Bertz CT molecular complexity index is 331. The van der Waals surface area contributed by atoms with Gasteiger partial charge in [0.05, 0.1) is 5.60 Å². The number of carbonyl (C=O) groups is 1. The van der Waals surface area contributed by atoms with Crippen molar-refractivity contribution in [3.8, 4) is 0 Å². The topological polar surface area (TPSA) is 65.1 Å². The SMILES string of the molecule is CCC(C)C(C)(O)CNC(=O)c1ccc[nH]1. The summed E-state index contributed by atoms with van der Waals surface area (Å²) in [6.45, 7) is 6.00. The molecule has 0 aliphatic rings. The van der Waals surface area contributed by atoms with Crippen LogP contribution in [0.2, 0.25) is 0 Å². The largest absolute Gasteiger partial charge is 0.388 e. The molecule has 0 radical (unpaired) electrons. The van der Waals surface area contributed by atoms with E-state index in [9.17, 15) is 9.90 Å². The highest BCUT2D eigenvalue weighted by Crippen LogP contribution is 2.18. The second kappa shape index (κ2) is 5.16. The molecule has 0 aliphatic heterocycles. The van der Waals surface area contributed by atoms with Crippen molar-refractivity contribution in [2.75, 3.05) is 6.54 Å². The van der Waals surface area contributed by atoms with Gasteiger partial charge in [0, 0.05) is 12.7 Å². The van der Waals surface area contributed by atoms with Crippen LogP contribution in [0, 0.1) is 5.92 Å². The number of H-pyrrole nitrogens is 1. The lowest BCUT2D eigenvalue weighted by molar-refractivity contribution is 0.00588. The molecule has 0 fully saturated rings. The highest BCUT2D eigenvalue weighted by atomic mass is 16.3. The smallest absolute Gasteiger partial charge is 0.267 e. The maximum atomic E-state index is 11.6. The van der Waals surface area contributed by atoms with Gasteiger partial charge in [0.25, 0.3) is 5.91 Å². The van der Waals surface area contributed by atoms with Gasteiger partial charge in [-0.1, -0.05) is 20.3 Å². The van der Waals surface area contributed by atoms with Crippen molar-refractivity contribution in [1.29, 1.82) is 0 Å². The zero-order valence-electron chi connectivity index (χ0n) is 10.1. The highest BCUT2D eigenvalue weighted by Gasteiger charge is 2.27. The fourth-order valence-electron chi connectivity index (χ4n) is 1.44. The molecule has 3 N–H and O–H groups in total. The van der Waals surface area contributed by atoms with Gasteiger partial charge in [-0.2, -0.15) is 0 Å². The third-order valence-corrected chi connectivity index (χ3v) is 3.12. The van der Waals surface area contributed by atoms with Crippen molar-refractivity contribution in [3.63, 3.8) is 0 Å². The van der Waals surface area contributed by atoms with Crippen LogP contribution in [0.25, 0.3) is 0 Å². The van der Waals surface area contributed by atoms with E-state index < -0.39 is 5.60 Å². The second-order valence-electron chi connectivity index (χ2n) is 4.43. The van der Waals surface area contributed by atoms with Crippen LogP contribution in [0.3, 0.4) is 0 Å². The average Bonchev–Trinajstić information content (AvgIpc) is 2.78. The molecule has 1 amide bonds. The summed E-state index contributed by atoms with van der Waals surface area (Å²) in [5, 5.41) is 12.8. The quantitative estimate of drug-likeness (QED) is 0.710. The van der Waals surface area contributed by atoms with Crippen molar-refractivity contribution in [2.24, 2.45) is 5.92 Å². The number of hydrogen-bond donors (Lipinski definition) is 3. The van der Waals surface area contributed by atoms with E-state index in [0.717, 1.165) is 6.42 Å². The van der Waals surface area contributed by atoms with Crippen LogP contribution in [0.5, 0.6) is 0 Å². The van der Waals surface area contributed by atoms with E-state index in [0.29, 0.717) is 5.69 Å². The first-order chi connectivity index (χ1) is 7.47. The number of amides is 1. The van der Waals surface area contributed by atoms with Crippen LogP contribution < -0.4 is 5.32 Å². The molecule has 0 bridgehead atoms. The Morgan fingerprint density at radius 3 is 2.88 bits per heavy atom. The molecule has 4 nitrogen and oxygen atoms in total. The number of nitrogens with one attached hydrogen (secondary N) is 2. The van der Waals surface area contributed by atoms with Gasteiger partial charge >= 0.3 is 0 Å². The van der Waals surface area contributed by atoms with Crippen LogP contribution >= 0.6 is 0 Å². The fourth-order valence-corrected chi connectivity index (χ4v) is 1.44. The predicted molar refractivity (Wildman–Crippen MR) is 63.2 cm³/mol. The Labute approximate surface area is 96.1 Å². The van der Waals surface area contributed by atoms with Crippen LogP contribution in [-0.4, -0.2) is 28.1 Å². The second-order valence-corrected chi connectivity index (χ2v) is 4.43. The normalized spacial score (nSPS) is 16.5. The molecular weight excluding hydrogens is 204 g/mol. The van der Waals surface area contributed by atoms with Crippen LogP contribution in [-0.2, 0) is 0 Å². The first-order valence-electron chi connectivity index (χ1n) is 5.61. The number of aromatic amines is 1. The Balaban J connectivity index is 2.48. The average molecular weight is 224 g/mol. The maximum Gasteiger partial charge on any atom is 0.267 e. The first kappa shape index (κ1) is 12.8. The van der Waals surface area contributed by atoms with Gasteiger partial charge < -0.3 is 15.4 Å². The Morgan fingerprint density at radius 1 is 1.69 bits per heavy atom. The lowest BCUT2D eigenvalue weighted by atomic mass is 9.88. The van der Waals surface area contributed by atoms with E-state index in [1.807, 2.05) is 13.8 Å². The third-order valence-electron chi connectivity index (χ3n) is 3.12. The van der Waals surface area contributed by atoms with Gasteiger partial charge in [0.15, 0.2) is 0 Å². The van der Waals surface area contributed by atoms with Crippen LogP contribution in [0.4, 0.5) is 0 Å². The summed E-state index contributed by atoms with van der Waals surface area (Å²) >= 11 is 0. The summed E-state index contributed by atoms with van der Waals surface area (Å²) < 4.78 is 0. The van der Waals surface area contributed by atoms with Crippen molar-refractivity contribution in [2.45, 2.75) is 32.8 Å². The van der Waals surface area contributed by atoms with E-state index in [4.69, 9.17) is 0 Å². The lowest BCUT2D eigenvalue weighted by Crippen LogP contribution is -2.45. The number of aliphatic hydroxyl groups is 1. The number of carbonyl (C=O) groups excluding carboxylic acids is 1. The molecular formula is C12H20N2O2. The summed E-state index contributed by atoms with van der Waals surface area (Å²) in [5.41, 5.74) is -0.350. The molecule has 0 saturated carbocycles. The molecule has 1 heterocycles. The van der Waals surface area contributed by atoms with E-state index in [-0.39, 0.29) is 18.4 Å². The third kappa shape index (κ3) is 3.10. The van der Waals surface area contributed by atoms with E-state index >= 15 is 0 Å².